The van der Waals surface area contributed by atoms with E-state index in [0.29, 0.717) is 23.4 Å². The average molecular weight is 365 g/mol. The van der Waals surface area contributed by atoms with Gasteiger partial charge in [0.2, 0.25) is 0 Å². The van der Waals surface area contributed by atoms with Crippen molar-refractivity contribution in [3.05, 3.63) is 47.8 Å². The summed E-state index contributed by atoms with van der Waals surface area (Å²) in [5, 5.41) is 3.30. The van der Waals surface area contributed by atoms with Crippen molar-refractivity contribution in [1.82, 2.24) is 14.8 Å². The fourth-order valence-corrected chi connectivity index (χ4v) is 5.18. The van der Waals surface area contributed by atoms with E-state index in [1.54, 1.807) is 0 Å². The molecule has 2 saturated heterocycles. The Bertz CT molecular complexity index is 887. The largest absolute Gasteiger partial charge is 0.479 e. The van der Waals surface area contributed by atoms with Crippen molar-refractivity contribution in [3.63, 3.8) is 0 Å². The van der Waals surface area contributed by atoms with Crippen LogP contribution in [-0.4, -0.2) is 40.5 Å². The first kappa shape index (κ1) is 16.9. The molecule has 5 heteroatoms. The van der Waals surface area contributed by atoms with Crippen molar-refractivity contribution < 1.29 is 9.53 Å². The molecule has 4 heterocycles. The minimum Gasteiger partial charge on any atom is -0.479 e. The monoisotopic (exact) mass is 365 g/mol. The number of para-hydroxylation sites is 1. The van der Waals surface area contributed by atoms with E-state index < -0.39 is 5.60 Å². The first-order valence-corrected chi connectivity index (χ1v) is 9.97. The van der Waals surface area contributed by atoms with Crippen LogP contribution in [-0.2, 0) is 5.60 Å². The van der Waals surface area contributed by atoms with Gasteiger partial charge in [0, 0.05) is 24.3 Å². The molecular formula is C22H27N3O2. The van der Waals surface area contributed by atoms with Gasteiger partial charge in [-0.2, -0.15) is 0 Å². The fraction of sp³-hybridized carbons (Fsp3) is 0.500. The van der Waals surface area contributed by atoms with E-state index in [1.165, 1.54) is 12.8 Å². The molecule has 3 aliphatic heterocycles. The number of rotatable bonds is 2. The molecule has 5 nitrogen and oxygen atoms in total. The molecule has 5 rings (SSSR count). The Hall–Kier alpha value is -2.27. The maximum atomic E-state index is 13.1. The molecule has 0 radical (unpaired) electrons. The SMILES string of the molecule is CN1C2CCC1CC(NC(=O)c1cccc3c1OC(C)(C)c1cccn1-3)C2. The van der Waals surface area contributed by atoms with Gasteiger partial charge in [0.1, 0.15) is 5.60 Å². The highest BCUT2D eigenvalue weighted by Gasteiger charge is 2.40. The Balaban J connectivity index is 1.44. The molecule has 27 heavy (non-hydrogen) atoms. The van der Waals surface area contributed by atoms with E-state index in [0.717, 1.165) is 24.2 Å². The highest BCUT2D eigenvalue weighted by atomic mass is 16.5. The summed E-state index contributed by atoms with van der Waals surface area (Å²) in [6.45, 7) is 4.09. The number of hydrogen-bond donors (Lipinski definition) is 1. The molecule has 2 unspecified atom stereocenters. The van der Waals surface area contributed by atoms with Crippen LogP contribution >= 0.6 is 0 Å². The number of carbonyl (C=O) groups is 1. The zero-order valence-electron chi connectivity index (χ0n) is 16.2. The van der Waals surface area contributed by atoms with E-state index >= 15 is 0 Å². The molecule has 0 aliphatic carbocycles. The molecule has 2 fully saturated rings. The Morgan fingerprint density at radius 2 is 1.89 bits per heavy atom. The predicted molar refractivity (Wildman–Crippen MR) is 104 cm³/mol. The Morgan fingerprint density at radius 3 is 2.63 bits per heavy atom. The van der Waals surface area contributed by atoms with Crippen LogP contribution in [0.1, 0.15) is 55.6 Å². The molecule has 0 saturated carbocycles. The van der Waals surface area contributed by atoms with Crippen molar-refractivity contribution in [2.45, 2.75) is 63.3 Å². The van der Waals surface area contributed by atoms with Gasteiger partial charge in [-0.1, -0.05) is 6.07 Å². The number of carbonyl (C=O) groups excluding carboxylic acids is 1. The summed E-state index contributed by atoms with van der Waals surface area (Å²) in [7, 11) is 2.22. The zero-order chi connectivity index (χ0) is 18.8. The smallest absolute Gasteiger partial charge is 0.255 e. The van der Waals surface area contributed by atoms with Gasteiger partial charge in [0.25, 0.3) is 5.91 Å². The van der Waals surface area contributed by atoms with Crippen LogP contribution in [0.4, 0.5) is 0 Å². The third-order valence-electron chi connectivity index (χ3n) is 6.65. The van der Waals surface area contributed by atoms with E-state index in [9.17, 15) is 4.79 Å². The summed E-state index contributed by atoms with van der Waals surface area (Å²) in [4.78, 5) is 15.6. The molecule has 2 bridgehead atoms. The van der Waals surface area contributed by atoms with E-state index in [4.69, 9.17) is 4.74 Å². The van der Waals surface area contributed by atoms with Gasteiger partial charge >= 0.3 is 0 Å². The minimum absolute atomic E-state index is 0.0211. The number of ether oxygens (including phenoxy) is 1. The molecular weight excluding hydrogens is 338 g/mol. The summed E-state index contributed by atoms with van der Waals surface area (Å²) < 4.78 is 8.46. The van der Waals surface area contributed by atoms with Gasteiger partial charge in [-0.05, 0) is 70.8 Å². The van der Waals surface area contributed by atoms with Crippen molar-refractivity contribution in [3.8, 4) is 11.4 Å². The molecule has 1 aromatic carbocycles. The Morgan fingerprint density at radius 1 is 1.15 bits per heavy atom. The lowest BCUT2D eigenvalue weighted by molar-refractivity contribution is 0.0810. The van der Waals surface area contributed by atoms with E-state index in [-0.39, 0.29) is 11.9 Å². The van der Waals surface area contributed by atoms with Gasteiger partial charge in [0.15, 0.2) is 5.75 Å². The van der Waals surface area contributed by atoms with Crippen LogP contribution in [0.2, 0.25) is 0 Å². The average Bonchev–Trinajstić information content (AvgIpc) is 3.18. The molecule has 1 N–H and O–H groups in total. The molecule has 1 amide bonds. The second kappa shape index (κ2) is 5.86. The van der Waals surface area contributed by atoms with E-state index in [1.807, 2.05) is 44.3 Å². The molecule has 0 spiro atoms. The van der Waals surface area contributed by atoms with Crippen LogP contribution in [0, 0.1) is 0 Å². The Labute approximate surface area is 160 Å². The summed E-state index contributed by atoms with van der Waals surface area (Å²) >= 11 is 0. The lowest BCUT2D eigenvalue weighted by Gasteiger charge is -2.37. The molecule has 2 aromatic rings. The number of piperidine rings is 1. The third kappa shape index (κ3) is 2.59. The number of hydrogen-bond acceptors (Lipinski definition) is 3. The minimum atomic E-state index is -0.473. The van der Waals surface area contributed by atoms with Gasteiger partial charge in [-0.25, -0.2) is 0 Å². The second-order valence-electron chi connectivity index (χ2n) is 8.72. The van der Waals surface area contributed by atoms with Gasteiger partial charge in [-0.3, -0.25) is 4.79 Å². The van der Waals surface area contributed by atoms with Crippen LogP contribution in [0.5, 0.6) is 5.75 Å². The van der Waals surface area contributed by atoms with E-state index in [2.05, 4.69) is 27.9 Å². The standard InChI is InChI=1S/C22H27N3O2/c1-22(2)19-8-5-11-25(19)18-7-4-6-17(20(18)27-22)21(26)23-14-12-15-9-10-16(13-14)24(15)3/h4-8,11,14-16H,9-10,12-13H2,1-3H3,(H,23,26). The number of nitrogens with one attached hydrogen (secondary N) is 1. The van der Waals surface area contributed by atoms with Gasteiger partial charge in [0.05, 0.1) is 16.9 Å². The summed E-state index contributed by atoms with van der Waals surface area (Å²) in [5.74, 6) is 0.659. The van der Waals surface area contributed by atoms with Crippen molar-refractivity contribution in [1.29, 1.82) is 0 Å². The first-order chi connectivity index (χ1) is 12.9. The highest BCUT2D eigenvalue weighted by Crippen LogP contribution is 2.41. The topological polar surface area (TPSA) is 46.5 Å². The number of fused-ring (bicyclic) bond motifs is 5. The number of nitrogens with zero attached hydrogens (tertiary/aromatic N) is 2. The number of aromatic nitrogens is 1. The normalized spacial score (nSPS) is 28.2. The summed E-state index contributed by atoms with van der Waals surface area (Å²) in [5.41, 5.74) is 2.19. The Kier molecular flexibility index (Phi) is 3.66. The highest BCUT2D eigenvalue weighted by molar-refractivity contribution is 5.98. The van der Waals surface area contributed by atoms with Crippen LogP contribution < -0.4 is 10.1 Å². The zero-order valence-corrected chi connectivity index (χ0v) is 16.2. The van der Waals surface area contributed by atoms with Crippen molar-refractivity contribution >= 4 is 5.91 Å². The van der Waals surface area contributed by atoms with Gasteiger partial charge in [-0.15, -0.1) is 0 Å². The molecule has 2 atom stereocenters. The van der Waals surface area contributed by atoms with Crippen molar-refractivity contribution in [2.75, 3.05) is 7.05 Å². The quantitative estimate of drug-likeness (QED) is 0.887. The molecule has 142 valence electrons. The maximum Gasteiger partial charge on any atom is 0.255 e. The second-order valence-corrected chi connectivity index (χ2v) is 8.72. The first-order valence-electron chi connectivity index (χ1n) is 9.97. The summed E-state index contributed by atoms with van der Waals surface area (Å²) in [6.07, 6.45) is 6.63. The number of benzene rings is 1. The number of amides is 1. The maximum absolute atomic E-state index is 13.1. The fourth-order valence-electron chi connectivity index (χ4n) is 5.18. The lowest BCUT2D eigenvalue weighted by Crippen LogP contribution is -2.48. The lowest BCUT2D eigenvalue weighted by atomic mass is 9.97. The van der Waals surface area contributed by atoms with Crippen molar-refractivity contribution in [2.24, 2.45) is 0 Å². The van der Waals surface area contributed by atoms with Crippen LogP contribution in [0.3, 0.4) is 0 Å². The van der Waals surface area contributed by atoms with Crippen LogP contribution in [0.15, 0.2) is 36.5 Å². The summed E-state index contributed by atoms with van der Waals surface area (Å²) in [6, 6.07) is 11.4. The molecule has 3 aliphatic rings. The van der Waals surface area contributed by atoms with Gasteiger partial charge < -0.3 is 19.5 Å². The van der Waals surface area contributed by atoms with Crippen LogP contribution in [0.25, 0.3) is 5.69 Å². The predicted octanol–water partition coefficient (Wildman–Crippen LogP) is 3.46. The molecule has 1 aromatic heterocycles. The third-order valence-corrected chi connectivity index (χ3v) is 6.65.